The Morgan fingerprint density at radius 3 is 2.52 bits per heavy atom. The lowest BCUT2D eigenvalue weighted by atomic mass is 10.1. The summed E-state index contributed by atoms with van der Waals surface area (Å²) in [6, 6.07) is 5.95. The highest BCUT2D eigenvalue weighted by Gasteiger charge is 2.25. The fourth-order valence-corrected chi connectivity index (χ4v) is 3.26. The van der Waals surface area contributed by atoms with E-state index >= 15 is 0 Å². The standard InChI is InChI=1S/C20H23NO4/c1-11-12(2)24-13(3)18(11)20(23)25-14(4)19(22)21-17-9-8-15-6-5-7-16(15)10-17/h8-10,14H,5-7H2,1-4H3,(H,21,22)/t14-/m1/s1. The maximum absolute atomic E-state index is 12.4. The van der Waals surface area contributed by atoms with Gasteiger partial charge < -0.3 is 14.5 Å². The largest absolute Gasteiger partial charge is 0.465 e. The number of carbonyl (C=O) groups is 2. The molecule has 1 amide bonds. The van der Waals surface area contributed by atoms with Crippen molar-refractivity contribution in [3.8, 4) is 0 Å². The molecule has 0 bridgehead atoms. The van der Waals surface area contributed by atoms with Crippen LogP contribution in [0.15, 0.2) is 22.6 Å². The molecule has 1 aromatic carbocycles. The maximum atomic E-state index is 12.4. The van der Waals surface area contributed by atoms with Gasteiger partial charge in [0, 0.05) is 11.3 Å². The molecule has 0 aliphatic heterocycles. The van der Waals surface area contributed by atoms with Crippen molar-refractivity contribution >= 4 is 17.6 Å². The fraction of sp³-hybridized carbons (Fsp3) is 0.400. The third-order valence-corrected chi connectivity index (χ3v) is 4.78. The van der Waals surface area contributed by atoms with E-state index in [1.807, 2.05) is 12.1 Å². The zero-order valence-electron chi connectivity index (χ0n) is 15.1. The molecule has 1 aromatic heterocycles. The quantitative estimate of drug-likeness (QED) is 0.857. The third kappa shape index (κ3) is 3.45. The average molecular weight is 341 g/mol. The fourth-order valence-electron chi connectivity index (χ4n) is 3.26. The van der Waals surface area contributed by atoms with Crippen LogP contribution in [0.2, 0.25) is 0 Å². The lowest BCUT2D eigenvalue weighted by Gasteiger charge is -2.14. The zero-order valence-corrected chi connectivity index (χ0v) is 15.1. The molecule has 5 nitrogen and oxygen atoms in total. The van der Waals surface area contributed by atoms with E-state index in [9.17, 15) is 9.59 Å². The molecule has 1 N–H and O–H groups in total. The summed E-state index contributed by atoms with van der Waals surface area (Å²) in [5, 5.41) is 2.82. The summed E-state index contributed by atoms with van der Waals surface area (Å²) >= 11 is 0. The number of amides is 1. The van der Waals surface area contributed by atoms with Crippen LogP contribution in [-0.2, 0) is 22.4 Å². The number of nitrogens with one attached hydrogen (secondary N) is 1. The van der Waals surface area contributed by atoms with Crippen LogP contribution in [0.5, 0.6) is 0 Å². The van der Waals surface area contributed by atoms with Gasteiger partial charge in [-0.1, -0.05) is 6.07 Å². The summed E-state index contributed by atoms with van der Waals surface area (Å²) < 4.78 is 10.8. The number of carbonyl (C=O) groups excluding carboxylic acids is 2. The molecule has 1 aliphatic carbocycles. The van der Waals surface area contributed by atoms with Crippen molar-refractivity contribution in [2.24, 2.45) is 0 Å². The number of hydrogen-bond donors (Lipinski definition) is 1. The van der Waals surface area contributed by atoms with Crippen molar-refractivity contribution in [2.45, 2.75) is 53.1 Å². The molecule has 1 heterocycles. The minimum absolute atomic E-state index is 0.346. The molecule has 0 saturated carbocycles. The number of ether oxygens (including phenoxy) is 1. The Labute approximate surface area is 147 Å². The first-order valence-corrected chi connectivity index (χ1v) is 8.57. The Hall–Kier alpha value is -2.56. The van der Waals surface area contributed by atoms with Crippen LogP contribution < -0.4 is 5.32 Å². The maximum Gasteiger partial charge on any atom is 0.342 e. The van der Waals surface area contributed by atoms with E-state index in [4.69, 9.17) is 9.15 Å². The van der Waals surface area contributed by atoms with Crippen LogP contribution in [0.1, 0.15) is 51.9 Å². The van der Waals surface area contributed by atoms with Gasteiger partial charge in [0.15, 0.2) is 6.10 Å². The molecule has 25 heavy (non-hydrogen) atoms. The molecule has 5 heteroatoms. The van der Waals surface area contributed by atoms with E-state index in [1.54, 1.807) is 27.7 Å². The van der Waals surface area contributed by atoms with E-state index < -0.39 is 12.1 Å². The number of aryl methyl sites for hydroxylation is 4. The summed E-state index contributed by atoms with van der Waals surface area (Å²) in [6.07, 6.45) is 2.40. The number of fused-ring (bicyclic) bond motifs is 1. The Balaban J connectivity index is 1.65. The van der Waals surface area contributed by atoms with Gasteiger partial charge in [-0.3, -0.25) is 4.79 Å². The summed E-state index contributed by atoms with van der Waals surface area (Å²) in [4.78, 5) is 24.7. The molecule has 2 aromatic rings. The molecule has 1 aliphatic rings. The molecule has 0 saturated heterocycles. The summed E-state index contributed by atoms with van der Waals surface area (Å²) in [5.41, 5.74) is 4.50. The molecule has 0 unspecified atom stereocenters. The second-order valence-electron chi connectivity index (χ2n) is 6.59. The van der Waals surface area contributed by atoms with E-state index in [0.717, 1.165) is 30.5 Å². The zero-order chi connectivity index (χ0) is 18.1. The van der Waals surface area contributed by atoms with Gasteiger partial charge in [-0.15, -0.1) is 0 Å². The first-order valence-electron chi connectivity index (χ1n) is 8.57. The Kier molecular flexibility index (Phi) is 4.66. The van der Waals surface area contributed by atoms with Gasteiger partial charge in [-0.25, -0.2) is 4.79 Å². The normalized spacial score (nSPS) is 14.1. The Morgan fingerprint density at radius 2 is 1.84 bits per heavy atom. The van der Waals surface area contributed by atoms with Crippen LogP contribution in [-0.4, -0.2) is 18.0 Å². The van der Waals surface area contributed by atoms with Crippen LogP contribution in [0, 0.1) is 20.8 Å². The van der Waals surface area contributed by atoms with Gasteiger partial charge in [0.25, 0.3) is 5.91 Å². The van der Waals surface area contributed by atoms with Crippen LogP contribution >= 0.6 is 0 Å². The number of hydrogen-bond acceptors (Lipinski definition) is 4. The number of rotatable bonds is 4. The van der Waals surface area contributed by atoms with Gasteiger partial charge in [0.05, 0.1) is 0 Å². The second-order valence-corrected chi connectivity index (χ2v) is 6.59. The predicted octanol–water partition coefficient (Wildman–Crippen LogP) is 3.88. The smallest absolute Gasteiger partial charge is 0.342 e. The highest BCUT2D eigenvalue weighted by atomic mass is 16.5. The molecular formula is C20H23NO4. The van der Waals surface area contributed by atoms with Crippen LogP contribution in [0.4, 0.5) is 5.69 Å². The van der Waals surface area contributed by atoms with Gasteiger partial charge >= 0.3 is 5.97 Å². The molecular weight excluding hydrogens is 318 g/mol. The number of furan rings is 1. The average Bonchev–Trinajstić information content (AvgIpc) is 3.11. The number of esters is 1. The van der Waals surface area contributed by atoms with Crippen molar-refractivity contribution in [1.29, 1.82) is 0 Å². The van der Waals surface area contributed by atoms with Crippen LogP contribution in [0.25, 0.3) is 0 Å². The van der Waals surface area contributed by atoms with Crippen molar-refractivity contribution in [2.75, 3.05) is 5.32 Å². The Bertz CT molecular complexity index is 834. The van der Waals surface area contributed by atoms with Crippen LogP contribution in [0.3, 0.4) is 0 Å². The number of benzene rings is 1. The second kappa shape index (κ2) is 6.75. The van der Waals surface area contributed by atoms with E-state index in [1.165, 1.54) is 11.1 Å². The van der Waals surface area contributed by atoms with Gasteiger partial charge in [-0.2, -0.15) is 0 Å². The van der Waals surface area contributed by atoms with E-state index in [0.29, 0.717) is 17.1 Å². The first kappa shape index (κ1) is 17.3. The minimum atomic E-state index is -0.894. The molecule has 0 radical (unpaired) electrons. The van der Waals surface area contributed by atoms with E-state index in [-0.39, 0.29) is 5.91 Å². The first-order chi connectivity index (χ1) is 11.9. The summed E-state index contributed by atoms with van der Waals surface area (Å²) in [6.45, 7) is 6.88. The molecule has 132 valence electrons. The highest BCUT2D eigenvalue weighted by Crippen LogP contribution is 2.25. The predicted molar refractivity (Wildman–Crippen MR) is 94.9 cm³/mol. The van der Waals surface area contributed by atoms with Crippen molar-refractivity contribution in [3.05, 3.63) is 52.0 Å². The van der Waals surface area contributed by atoms with Gasteiger partial charge in [-0.05, 0) is 70.2 Å². The monoisotopic (exact) mass is 341 g/mol. The SMILES string of the molecule is Cc1oc(C)c(C(=O)O[C@H](C)C(=O)Nc2ccc3c(c2)CCC3)c1C. The molecule has 0 fully saturated rings. The van der Waals surface area contributed by atoms with Crippen molar-refractivity contribution < 1.29 is 18.7 Å². The topological polar surface area (TPSA) is 68.5 Å². The van der Waals surface area contributed by atoms with Gasteiger partial charge in [0.2, 0.25) is 0 Å². The highest BCUT2D eigenvalue weighted by molar-refractivity contribution is 5.98. The summed E-state index contributed by atoms with van der Waals surface area (Å²) in [7, 11) is 0. The lowest BCUT2D eigenvalue weighted by Crippen LogP contribution is -2.30. The number of anilines is 1. The van der Waals surface area contributed by atoms with Gasteiger partial charge in [0.1, 0.15) is 17.1 Å². The summed E-state index contributed by atoms with van der Waals surface area (Å²) in [5.74, 6) is 0.302. The molecule has 0 spiro atoms. The lowest BCUT2D eigenvalue weighted by molar-refractivity contribution is -0.123. The van der Waals surface area contributed by atoms with E-state index in [2.05, 4.69) is 11.4 Å². The minimum Gasteiger partial charge on any atom is -0.465 e. The molecule has 3 rings (SSSR count). The van der Waals surface area contributed by atoms with Crippen molar-refractivity contribution in [1.82, 2.24) is 0 Å². The van der Waals surface area contributed by atoms with Crippen molar-refractivity contribution in [3.63, 3.8) is 0 Å². The third-order valence-electron chi connectivity index (χ3n) is 4.78. The molecule has 1 atom stereocenters. The Morgan fingerprint density at radius 1 is 1.12 bits per heavy atom.